The van der Waals surface area contributed by atoms with Crippen molar-refractivity contribution >= 4 is 5.69 Å². The van der Waals surface area contributed by atoms with Crippen LogP contribution in [0.1, 0.15) is 16.7 Å². The quantitative estimate of drug-likeness (QED) is 0.861. The van der Waals surface area contributed by atoms with E-state index in [4.69, 9.17) is 10.00 Å². The number of hydrogen-bond acceptors (Lipinski definition) is 4. The molecular weight excluding hydrogens is 262 g/mol. The van der Waals surface area contributed by atoms with Gasteiger partial charge in [0.1, 0.15) is 11.8 Å². The first-order valence-electron chi connectivity index (χ1n) is 6.46. The van der Waals surface area contributed by atoms with Gasteiger partial charge in [-0.1, -0.05) is 12.1 Å². The lowest BCUT2D eigenvalue weighted by Gasteiger charge is -2.21. The highest BCUT2D eigenvalue weighted by Gasteiger charge is 2.10. The highest BCUT2D eigenvalue weighted by atomic mass is 16.5. The molecule has 0 unspecified atom stereocenters. The lowest BCUT2D eigenvalue weighted by Crippen LogP contribution is -2.17. The highest BCUT2D eigenvalue weighted by molar-refractivity contribution is 5.62. The van der Waals surface area contributed by atoms with Crippen LogP contribution >= 0.6 is 0 Å². The third-order valence-corrected chi connectivity index (χ3v) is 3.21. The molecule has 0 saturated heterocycles. The zero-order valence-electron chi connectivity index (χ0n) is 12.0. The number of benzene rings is 2. The Morgan fingerprint density at radius 2 is 1.90 bits per heavy atom. The lowest BCUT2D eigenvalue weighted by molar-refractivity contribution is 0.415. The molecule has 2 aromatic rings. The molecule has 4 heteroatoms. The van der Waals surface area contributed by atoms with Gasteiger partial charge in [-0.15, -0.1) is 0 Å². The molecule has 0 aliphatic carbocycles. The van der Waals surface area contributed by atoms with Crippen LogP contribution in [-0.2, 0) is 6.54 Å². The second-order valence-corrected chi connectivity index (χ2v) is 4.66. The summed E-state index contributed by atoms with van der Waals surface area (Å²) in [5.74, 6) is 0.710. The molecule has 0 amide bonds. The van der Waals surface area contributed by atoms with Crippen molar-refractivity contribution in [2.45, 2.75) is 6.54 Å². The van der Waals surface area contributed by atoms with E-state index >= 15 is 0 Å². The van der Waals surface area contributed by atoms with E-state index in [0.717, 1.165) is 11.3 Å². The summed E-state index contributed by atoms with van der Waals surface area (Å²) in [6, 6.07) is 17.1. The molecule has 0 heterocycles. The van der Waals surface area contributed by atoms with Gasteiger partial charge in [-0.2, -0.15) is 10.5 Å². The molecule has 0 atom stereocenters. The van der Waals surface area contributed by atoms with Crippen molar-refractivity contribution in [3.8, 4) is 17.9 Å². The first kappa shape index (κ1) is 14.4. The maximum Gasteiger partial charge on any atom is 0.121 e. The molecule has 4 nitrogen and oxygen atoms in total. The van der Waals surface area contributed by atoms with E-state index in [9.17, 15) is 5.26 Å². The molecule has 0 fully saturated rings. The zero-order chi connectivity index (χ0) is 15.2. The van der Waals surface area contributed by atoms with Crippen LogP contribution in [0.4, 0.5) is 5.69 Å². The van der Waals surface area contributed by atoms with Gasteiger partial charge in [-0.25, -0.2) is 0 Å². The molecule has 0 spiro atoms. The number of anilines is 1. The summed E-state index contributed by atoms with van der Waals surface area (Å²) in [6.07, 6.45) is 0. The Labute approximate surface area is 124 Å². The van der Waals surface area contributed by atoms with Gasteiger partial charge in [-0.05, 0) is 29.8 Å². The lowest BCUT2D eigenvalue weighted by atomic mass is 10.1. The largest absolute Gasteiger partial charge is 0.497 e. The average molecular weight is 277 g/mol. The van der Waals surface area contributed by atoms with Crippen LogP contribution in [-0.4, -0.2) is 14.2 Å². The van der Waals surface area contributed by atoms with Gasteiger partial charge < -0.3 is 9.64 Å². The molecule has 0 saturated carbocycles. The maximum absolute atomic E-state index is 9.22. The molecule has 0 aliphatic rings. The molecule has 104 valence electrons. The molecule has 0 aromatic heterocycles. The third-order valence-electron chi connectivity index (χ3n) is 3.21. The molecule has 0 N–H and O–H groups in total. The predicted octanol–water partition coefficient (Wildman–Crippen LogP) is 3.07. The molecule has 2 aromatic carbocycles. The third kappa shape index (κ3) is 3.32. The predicted molar refractivity (Wildman–Crippen MR) is 81.0 cm³/mol. The van der Waals surface area contributed by atoms with E-state index in [1.807, 2.05) is 36.2 Å². The van der Waals surface area contributed by atoms with Crippen LogP contribution in [0, 0.1) is 22.7 Å². The standard InChI is InChI=1S/C17H15N3O/c1-20(12-14-5-3-4-13(8-14)10-18)17-9-16(21-2)7-6-15(17)11-19/h3-9H,12H2,1-2H3. The van der Waals surface area contributed by atoms with Crippen molar-refractivity contribution in [3.63, 3.8) is 0 Å². The van der Waals surface area contributed by atoms with E-state index in [2.05, 4.69) is 12.1 Å². The van der Waals surface area contributed by atoms with Gasteiger partial charge in [0.25, 0.3) is 0 Å². The van der Waals surface area contributed by atoms with E-state index in [0.29, 0.717) is 23.4 Å². The van der Waals surface area contributed by atoms with Crippen molar-refractivity contribution in [3.05, 3.63) is 59.2 Å². The first-order chi connectivity index (χ1) is 10.2. The fourth-order valence-corrected chi connectivity index (χ4v) is 2.15. The minimum Gasteiger partial charge on any atom is -0.497 e. The summed E-state index contributed by atoms with van der Waals surface area (Å²) in [6.45, 7) is 0.608. The number of ether oxygens (including phenoxy) is 1. The van der Waals surface area contributed by atoms with E-state index in [1.165, 1.54) is 0 Å². The van der Waals surface area contributed by atoms with Crippen LogP contribution in [0.25, 0.3) is 0 Å². The van der Waals surface area contributed by atoms with E-state index in [1.54, 1.807) is 25.3 Å². The molecule has 0 radical (unpaired) electrons. The number of hydrogen-bond donors (Lipinski definition) is 0. The van der Waals surface area contributed by atoms with Gasteiger partial charge in [-0.3, -0.25) is 0 Å². The van der Waals surface area contributed by atoms with Crippen LogP contribution in [0.2, 0.25) is 0 Å². The summed E-state index contributed by atoms with van der Waals surface area (Å²) in [7, 11) is 3.51. The number of methoxy groups -OCH3 is 1. The Kier molecular flexibility index (Phi) is 4.43. The molecule has 0 bridgehead atoms. The van der Waals surface area contributed by atoms with Gasteiger partial charge in [0, 0.05) is 19.7 Å². The Morgan fingerprint density at radius 1 is 1.10 bits per heavy atom. The smallest absolute Gasteiger partial charge is 0.121 e. The van der Waals surface area contributed by atoms with Crippen molar-refractivity contribution in [2.24, 2.45) is 0 Å². The number of rotatable bonds is 4. The minimum atomic E-state index is 0.592. The van der Waals surface area contributed by atoms with Gasteiger partial charge in [0.2, 0.25) is 0 Å². The maximum atomic E-state index is 9.22. The topological polar surface area (TPSA) is 60.0 Å². The highest BCUT2D eigenvalue weighted by Crippen LogP contribution is 2.26. The van der Waals surface area contributed by atoms with E-state index in [-0.39, 0.29) is 0 Å². The Bertz CT molecular complexity index is 726. The van der Waals surface area contributed by atoms with Crippen LogP contribution in [0.15, 0.2) is 42.5 Å². The SMILES string of the molecule is COc1ccc(C#N)c(N(C)Cc2cccc(C#N)c2)c1. The summed E-state index contributed by atoms with van der Waals surface area (Å²) in [5.41, 5.74) is 3.05. The normalized spacial score (nSPS) is 9.52. The monoisotopic (exact) mass is 277 g/mol. The van der Waals surface area contributed by atoms with Crippen molar-refractivity contribution in [1.82, 2.24) is 0 Å². The number of nitrogens with zero attached hydrogens (tertiary/aromatic N) is 3. The van der Waals surface area contributed by atoms with Gasteiger partial charge in [0.15, 0.2) is 0 Å². The Hall–Kier alpha value is -2.98. The summed E-state index contributed by atoms with van der Waals surface area (Å²) < 4.78 is 5.21. The van der Waals surface area contributed by atoms with Crippen molar-refractivity contribution in [1.29, 1.82) is 10.5 Å². The van der Waals surface area contributed by atoms with Crippen molar-refractivity contribution in [2.75, 3.05) is 19.1 Å². The molecule has 2 rings (SSSR count). The zero-order valence-corrected chi connectivity index (χ0v) is 12.0. The summed E-state index contributed by atoms with van der Waals surface area (Å²) in [5, 5.41) is 18.2. The van der Waals surface area contributed by atoms with Crippen LogP contribution in [0.3, 0.4) is 0 Å². The fourth-order valence-electron chi connectivity index (χ4n) is 2.15. The Balaban J connectivity index is 2.29. The average Bonchev–Trinajstić information content (AvgIpc) is 2.54. The van der Waals surface area contributed by atoms with Gasteiger partial charge >= 0.3 is 0 Å². The second kappa shape index (κ2) is 6.45. The second-order valence-electron chi connectivity index (χ2n) is 4.66. The summed E-state index contributed by atoms with van der Waals surface area (Å²) in [4.78, 5) is 1.97. The first-order valence-corrected chi connectivity index (χ1v) is 6.46. The molecule has 21 heavy (non-hydrogen) atoms. The van der Waals surface area contributed by atoms with Crippen LogP contribution in [0.5, 0.6) is 5.75 Å². The molecule has 0 aliphatic heterocycles. The minimum absolute atomic E-state index is 0.592. The Morgan fingerprint density at radius 3 is 2.57 bits per heavy atom. The molecular formula is C17H15N3O. The van der Waals surface area contributed by atoms with Gasteiger partial charge in [0.05, 0.1) is 30.0 Å². The van der Waals surface area contributed by atoms with E-state index < -0.39 is 0 Å². The fraction of sp³-hybridized carbons (Fsp3) is 0.176. The van der Waals surface area contributed by atoms with Crippen LogP contribution < -0.4 is 9.64 Å². The van der Waals surface area contributed by atoms with Crippen molar-refractivity contribution < 1.29 is 4.74 Å². The number of nitriles is 2. The summed E-state index contributed by atoms with van der Waals surface area (Å²) >= 11 is 0.